The summed E-state index contributed by atoms with van der Waals surface area (Å²) >= 11 is 0. The summed E-state index contributed by atoms with van der Waals surface area (Å²) < 4.78 is 10.9. The van der Waals surface area contributed by atoms with Crippen LogP contribution in [0.25, 0.3) is 0 Å². The van der Waals surface area contributed by atoms with Crippen molar-refractivity contribution in [1.82, 2.24) is 5.32 Å². The molecule has 1 fully saturated rings. The monoisotopic (exact) mass is 167 g/mol. The van der Waals surface area contributed by atoms with E-state index in [-0.39, 0.29) is 5.60 Å². The minimum atomic E-state index is -0.0652. The summed E-state index contributed by atoms with van der Waals surface area (Å²) in [6.45, 7) is 5.77. The molecule has 1 saturated heterocycles. The van der Waals surface area contributed by atoms with E-state index < -0.39 is 0 Å². The molecule has 3 heteroatoms. The van der Waals surface area contributed by atoms with Gasteiger partial charge >= 0.3 is 0 Å². The zero-order valence-corrected chi connectivity index (χ0v) is 7.39. The summed E-state index contributed by atoms with van der Waals surface area (Å²) in [5, 5.41) is 3.16. The molecule has 0 bridgehead atoms. The van der Waals surface area contributed by atoms with Crippen LogP contribution >= 0.6 is 0 Å². The second-order valence-corrected chi connectivity index (χ2v) is 3.52. The fraction of sp³-hybridized carbons (Fsp3) is 0.556. The van der Waals surface area contributed by atoms with Crippen LogP contribution in [0.1, 0.15) is 12.7 Å². The van der Waals surface area contributed by atoms with Crippen molar-refractivity contribution in [1.29, 1.82) is 0 Å². The van der Waals surface area contributed by atoms with E-state index >= 15 is 0 Å². The lowest BCUT2D eigenvalue weighted by Crippen LogP contribution is -2.60. The maximum atomic E-state index is 5.63. The summed E-state index contributed by atoms with van der Waals surface area (Å²) in [7, 11) is 0. The molecule has 0 aliphatic carbocycles. The summed E-state index contributed by atoms with van der Waals surface area (Å²) in [6, 6.07) is 3.77. The molecule has 2 rings (SSSR count). The highest BCUT2D eigenvalue weighted by atomic mass is 16.6. The smallest absolute Gasteiger partial charge is 0.285 e. The second-order valence-electron chi connectivity index (χ2n) is 3.52. The number of aryl methyl sites for hydroxylation is 1. The van der Waals surface area contributed by atoms with Gasteiger partial charge in [0.05, 0.1) is 0 Å². The van der Waals surface area contributed by atoms with Gasteiger partial charge in [0.15, 0.2) is 0 Å². The summed E-state index contributed by atoms with van der Waals surface area (Å²) in [5.74, 6) is 1.51. The van der Waals surface area contributed by atoms with Gasteiger partial charge in [-0.1, -0.05) is 0 Å². The molecule has 0 unspecified atom stereocenters. The van der Waals surface area contributed by atoms with Crippen molar-refractivity contribution in [2.24, 2.45) is 0 Å². The van der Waals surface area contributed by atoms with E-state index in [1.807, 2.05) is 19.1 Å². The maximum Gasteiger partial charge on any atom is 0.285 e. The molecule has 66 valence electrons. The van der Waals surface area contributed by atoms with Gasteiger partial charge in [-0.15, -0.1) is 0 Å². The minimum Gasteiger partial charge on any atom is -0.456 e. The Hall–Kier alpha value is -0.960. The van der Waals surface area contributed by atoms with Gasteiger partial charge in [0, 0.05) is 19.2 Å². The molecule has 3 nitrogen and oxygen atoms in total. The molecule has 0 saturated carbocycles. The molecule has 0 aromatic carbocycles. The van der Waals surface area contributed by atoms with Crippen molar-refractivity contribution < 1.29 is 9.15 Å². The van der Waals surface area contributed by atoms with E-state index in [1.165, 1.54) is 0 Å². The Morgan fingerprint density at radius 1 is 1.50 bits per heavy atom. The van der Waals surface area contributed by atoms with Crippen LogP contribution in [0.5, 0.6) is 5.95 Å². The predicted molar refractivity (Wildman–Crippen MR) is 45.3 cm³/mol. The van der Waals surface area contributed by atoms with Gasteiger partial charge in [-0.2, -0.15) is 0 Å². The second kappa shape index (κ2) is 2.52. The lowest BCUT2D eigenvalue weighted by Gasteiger charge is -2.38. The van der Waals surface area contributed by atoms with Crippen molar-refractivity contribution in [3.05, 3.63) is 17.9 Å². The lowest BCUT2D eigenvalue weighted by molar-refractivity contribution is 0.0126. The predicted octanol–water partition coefficient (Wildman–Crippen LogP) is 1.33. The normalized spacial score (nSPS) is 20.2. The van der Waals surface area contributed by atoms with Crippen LogP contribution in [0.3, 0.4) is 0 Å². The van der Waals surface area contributed by atoms with Crippen molar-refractivity contribution in [2.75, 3.05) is 13.1 Å². The molecular weight excluding hydrogens is 154 g/mol. The van der Waals surface area contributed by atoms with Crippen LogP contribution < -0.4 is 10.1 Å². The topological polar surface area (TPSA) is 34.4 Å². The van der Waals surface area contributed by atoms with Crippen LogP contribution in [0.15, 0.2) is 16.5 Å². The molecule has 12 heavy (non-hydrogen) atoms. The number of furan rings is 1. The Balaban J connectivity index is 2.03. The van der Waals surface area contributed by atoms with E-state index in [0.717, 1.165) is 18.8 Å². The average Bonchev–Trinajstić information content (AvgIpc) is 2.32. The molecule has 0 atom stereocenters. The van der Waals surface area contributed by atoms with E-state index in [4.69, 9.17) is 9.15 Å². The summed E-state index contributed by atoms with van der Waals surface area (Å²) in [4.78, 5) is 0. The molecule has 1 aliphatic rings. The number of rotatable bonds is 2. The first-order chi connectivity index (χ1) is 5.68. The van der Waals surface area contributed by atoms with Crippen LogP contribution in [0.2, 0.25) is 0 Å². The number of ether oxygens (including phenoxy) is 1. The Morgan fingerprint density at radius 3 is 2.67 bits per heavy atom. The molecule has 0 radical (unpaired) electrons. The van der Waals surface area contributed by atoms with Crippen LogP contribution in [0, 0.1) is 6.92 Å². The zero-order valence-electron chi connectivity index (χ0n) is 7.39. The van der Waals surface area contributed by atoms with Gasteiger partial charge in [-0.25, -0.2) is 0 Å². The molecule has 1 N–H and O–H groups in total. The fourth-order valence-corrected chi connectivity index (χ4v) is 1.26. The van der Waals surface area contributed by atoms with E-state index in [2.05, 4.69) is 12.2 Å². The molecule has 0 spiro atoms. The van der Waals surface area contributed by atoms with Crippen molar-refractivity contribution in [3.8, 4) is 5.95 Å². The molecule has 2 heterocycles. The number of nitrogens with one attached hydrogen (secondary N) is 1. The van der Waals surface area contributed by atoms with E-state index in [1.54, 1.807) is 0 Å². The van der Waals surface area contributed by atoms with Crippen molar-refractivity contribution >= 4 is 0 Å². The summed E-state index contributed by atoms with van der Waals surface area (Å²) in [5.41, 5.74) is -0.0652. The SMILES string of the molecule is Cc1ccc(OC2(C)CNC2)o1. The Morgan fingerprint density at radius 2 is 2.25 bits per heavy atom. The third-order valence-electron chi connectivity index (χ3n) is 2.06. The van der Waals surface area contributed by atoms with Gasteiger partial charge in [0.1, 0.15) is 11.4 Å². The first kappa shape index (κ1) is 7.68. The molecule has 1 aliphatic heterocycles. The quantitative estimate of drug-likeness (QED) is 0.721. The van der Waals surface area contributed by atoms with Gasteiger partial charge in [-0.3, -0.25) is 0 Å². The van der Waals surface area contributed by atoms with Gasteiger partial charge in [0.2, 0.25) is 0 Å². The fourth-order valence-electron chi connectivity index (χ4n) is 1.26. The third kappa shape index (κ3) is 1.32. The van der Waals surface area contributed by atoms with Crippen LogP contribution in [-0.2, 0) is 0 Å². The highest BCUT2D eigenvalue weighted by Crippen LogP contribution is 2.23. The standard InChI is InChI=1S/C9H13NO2/c1-7-3-4-8(11-7)12-9(2)5-10-6-9/h3-4,10H,5-6H2,1-2H3. The Kier molecular flexibility index (Phi) is 1.61. The van der Waals surface area contributed by atoms with Gasteiger partial charge in [0.25, 0.3) is 5.95 Å². The average molecular weight is 167 g/mol. The molecule has 1 aromatic heterocycles. The Labute approximate surface area is 71.7 Å². The van der Waals surface area contributed by atoms with E-state index in [9.17, 15) is 0 Å². The molecule has 0 amide bonds. The van der Waals surface area contributed by atoms with Crippen LogP contribution in [-0.4, -0.2) is 18.7 Å². The van der Waals surface area contributed by atoms with Crippen molar-refractivity contribution in [3.63, 3.8) is 0 Å². The number of hydrogen-bond acceptors (Lipinski definition) is 3. The first-order valence-electron chi connectivity index (χ1n) is 4.14. The molecular formula is C9H13NO2. The lowest BCUT2D eigenvalue weighted by atomic mass is 10.0. The third-order valence-corrected chi connectivity index (χ3v) is 2.06. The first-order valence-corrected chi connectivity index (χ1v) is 4.14. The Bertz CT molecular complexity index is 276. The largest absolute Gasteiger partial charge is 0.456 e. The van der Waals surface area contributed by atoms with Crippen molar-refractivity contribution in [2.45, 2.75) is 19.4 Å². The zero-order chi connectivity index (χ0) is 8.60. The van der Waals surface area contributed by atoms with Crippen LogP contribution in [0.4, 0.5) is 0 Å². The molecule has 1 aromatic rings. The summed E-state index contributed by atoms with van der Waals surface area (Å²) in [6.07, 6.45) is 0. The van der Waals surface area contributed by atoms with Gasteiger partial charge < -0.3 is 14.5 Å². The van der Waals surface area contributed by atoms with E-state index in [0.29, 0.717) is 5.95 Å². The maximum absolute atomic E-state index is 5.63. The number of hydrogen-bond donors (Lipinski definition) is 1. The van der Waals surface area contributed by atoms with Gasteiger partial charge in [-0.05, 0) is 19.9 Å². The highest BCUT2D eigenvalue weighted by Gasteiger charge is 2.34. The highest BCUT2D eigenvalue weighted by molar-refractivity contribution is 5.12. The minimum absolute atomic E-state index is 0.0652.